The van der Waals surface area contributed by atoms with Crippen molar-refractivity contribution in [2.75, 3.05) is 6.54 Å². The number of hydrogen-bond donors (Lipinski definition) is 0. The molecule has 1 aliphatic rings. The molecule has 5 heteroatoms. The van der Waals surface area contributed by atoms with Crippen LogP contribution in [0.3, 0.4) is 0 Å². The third kappa shape index (κ3) is 2.31. The Kier molecular flexibility index (Phi) is 3.61. The zero-order valence-corrected chi connectivity index (χ0v) is 14.3. The van der Waals surface area contributed by atoms with E-state index in [0.717, 1.165) is 36.2 Å². The summed E-state index contributed by atoms with van der Waals surface area (Å²) < 4.78 is 16.3. The molecule has 0 saturated carbocycles. The molecule has 0 atom stereocenters. The first-order chi connectivity index (χ1) is 11.6. The molecule has 3 aromatic rings. The molecule has 0 unspecified atom stereocenters. The van der Waals surface area contributed by atoms with Gasteiger partial charge in [-0.3, -0.25) is 9.88 Å². The van der Waals surface area contributed by atoms with E-state index < -0.39 is 0 Å². The minimum Gasteiger partial charge on any atom is -0.327 e. The Bertz CT molecular complexity index is 913. The van der Waals surface area contributed by atoms with Crippen molar-refractivity contribution < 1.29 is 4.39 Å². The third-order valence-electron chi connectivity index (χ3n) is 5.01. The van der Waals surface area contributed by atoms with Crippen molar-refractivity contribution in [2.45, 2.75) is 39.9 Å². The van der Waals surface area contributed by atoms with Crippen LogP contribution in [0.5, 0.6) is 0 Å². The number of fused-ring (bicyclic) bond motifs is 3. The van der Waals surface area contributed by atoms with E-state index in [4.69, 9.17) is 0 Å². The second-order valence-corrected chi connectivity index (χ2v) is 6.72. The largest absolute Gasteiger partial charge is 0.327 e. The molecule has 0 aliphatic carbocycles. The monoisotopic (exact) mass is 324 g/mol. The summed E-state index contributed by atoms with van der Waals surface area (Å²) in [5.41, 5.74) is 4.63. The molecular weight excluding hydrogens is 303 g/mol. The highest BCUT2D eigenvalue weighted by Gasteiger charge is 2.24. The van der Waals surface area contributed by atoms with Gasteiger partial charge in [-0.15, -0.1) is 0 Å². The Morgan fingerprint density at radius 3 is 2.79 bits per heavy atom. The van der Waals surface area contributed by atoms with Crippen molar-refractivity contribution in [3.8, 4) is 11.3 Å². The smallest absolute Gasteiger partial charge is 0.149 e. The minimum absolute atomic E-state index is 0.314. The molecule has 0 radical (unpaired) electrons. The standard InChI is InChI=1S/C19H21FN4/c1-12(2)23-7-8-24-17(11-23)13(3)15-9-14(10-22-19(15)24)18-16(20)5-4-6-21-18/h4-6,9-10,12H,7-8,11H2,1-3H3. The second-order valence-electron chi connectivity index (χ2n) is 6.72. The van der Waals surface area contributed by atoms with Gasteiger partial charge in [-0.2, -0.15) is 0 Å². The molecule has 0 bridgehead atoms. The predicted molar refractivity (Wildman–Crippen MR) is 93.2 cm³/mol. The quantitative estimate of drug-likeness (QED) is 0.719. The van der Waals surface area contributed by atoms with E-state index in [9.17, 15) is 4.39 Å². The number of halogens is 1. The second kappa shape index (κ2) is 5.67. The summed E-state index contributed by atoms with van der Waals surface area (Å²) >= 11 is 0. The van der Waals surface area contributed by atoms with E-state index in [1.165, 1.54) is 17.3 Å². The first kappa shape index (κ1) is 15.3. The minimum atomic E-state index is -0.314. The zero-order chi connectivity index (χ0) is 16.8. The van der Waals surface area contributed by atoms with Gasteiger partial charge in [-0.05, 0) is 44.5 Å². The van der Waals surface area contributed by atoms with Crippen molar-refractivity contribution >= 4 is 11.0 Å². The summed E-state index contributed by atoms with van der Waals surface area (Å²) in [6, 6.07) is 5.59. The van der Waals surface area contributed by atoms with Crippen molar-refractivity contribution in [3.63, 3.8) is 0 Å². The van der Waals surface area contributed by atoms with Gasteiger partial charge in [0.2, 0.25) is 0 Å². The van der Waals surface area contributed by atoms with Gasteiger partial charge in [0.05, 0.1) is 0 Å². The van der Waals surface area contributed by atoms with Crippen LogP contribution in [0.4, 0.5) is 4.39 Å². The lowest BCUT2D eigenvalue weighted by Gasteiger charge is -2.32. The Hall–Kier alpha value is -2.27. The maximum Gasteiger partial charge on any atom is 0.149 e. The summed E-state index contributed by atoms with van der Waals surface area (Å²) in [5.74, 6) is -0.314. The normalized spacial score (nSPS) is 15.2. The molecule has 3 aromatic heterocycles. The highest BCUT2D eigenvalue weighted by molar-refractivity contribution is 5.86. The number of hydrogen-bond acceptors (Lipinski definition) is 3. The first-order valence-corrected chi connectivity index (χ1v) is 8.39. The Morgan fingerprint density at radius 1 is 1.21 bits per heavy atom. The lowest BCUT2D eigenvalue weighted by atomic mass is 10.1. The van der Waals surface area contributed by atoms with Gasteiger partial charge in [-0.25, -0.2) is 9.37 Å². The number of pyridine rings is 2. The fourth-order valence-corrected chi connectivity index (χ4v) is 3.55. The Labute approximate surface area is 141 Å². The van der Waals surface area contributed by atoms with Gasteiger partial charge in [0.1, 0.15) is 17.2 Å². The molecule has 0 N–H and O–H groups in total. The van der Waals surface area contributed by atoms with Gasteiger partial charge >= 0.3 is 0 Å². The van der Waals surface area contributed by atoms with Crippen LogP contribution in [-0.4, -0.2) is 32.0 Å². The number of nitrogens with zero attached hydrogens (tertiary/aromatic N) is 4. The van der Waals surface area contributed by atoms with Gasteiger partial charge < -0.3 is 4.57 Å². The molecule has 4 rings (SSSR count). The fourth-order valence-electron chi connectivity index (χ4n) is 3.55. The van der Waals surface area contributed by atoms with E-state index in [2.05, 4.69) is 40.2 Å². The van der Waals surface area contributed by atoms with E-state index in [-0.39, 0.29) is 5.82 Å². The van der Waals surface area contributed by atoms with Crippen LogP contribution in [-0.2, 0) is 13.1 Å². The van der Waals surface area contributed by atoms with Crippen LogP contribution in [0.1, 0.15) is 25.1 Å². The molecule has 0 aromatic carbocycles. The maximum atomic E-state index is 14.0. The Morgan fingerprint density at radius 2 is 2.04 bits per heavy atom. The van der Waals surface area contributed by atoms with Crippen LogP contribution in [0.25, 0.3) is 22.3 Å². The van der Waals surface area contributed by atoms with Crippen LogP contribution in [0.2, 0.25) is 0 Å². The Balaban J connectivity index is 1.85. The predicted octanol–water partition coefficient (Wildman–Crippen LogP) is 3.77. The van der Waals surface area contributed by atoms with Gasteiger partial charge in [0.15, 0.2) is 0 Å². The van der Waals surface area contributed by atoms with E-state index in [0.29, 0.717) is 11.7 Å². The third-order valence-corrected chi connectivity index (χ3v) is 5.01. The SMILES string of the molecule is Cc1c2n(c3ncc(-c4ncccc4F)cc13)CCN(C(C)C)C2. The topological polar surface area (TPSA) is 34.0 Å². The van der Waals surface area contributed by atoms with E-state index in [1.807, 2.05) is 6.07 Å². The average molecular weight is 324 g/mol. The highest BCUT2D eigenvalue weighted by Crippen LogP contribution is 2.31. The van der Waals surface area contributed by atoms with Crippen LogP contribution in [0, 0.1) is 12.7 Å². The molecule has 4 heterocycles. The summed E-state index contributed by atoms with van der Waals surface area (Å²) in [7, 11) is 0. The highest BCUT2D eigenvalue weighted by atomic mass is 19.1. The fraction of sp³-hybridized carbons (Fsp3) is 0.368. The summed E-state index contributed by atoms with van der Waals surface area (Å²) in [6.45, 7) is 9.52. The average Bonchev–Trinajstić information content (AvgIpc) is 2.87. The number of rotatable bonds is 2. The number of aromatic nitrogens is 3. The van der Waals surface area contributed by atoms with Gasteiger partial charge in [-0.1, -0.05) is 0 Å². The molecule has 0 fully saturated rings. The number of aryl methyl sites for hydroxylation is 1. The summed E-state index contributed by atoms with van der Waals surface area (Å²) in [6.07, 6.45) is 3.34. The molecule has 124 valence electrons. The lowest BCUT2D eigenvalue weighted by molar-refractivity contribution is 0.178. The molecule has 4 nitrogen and oxygen atoms in total. The van der Waals surface area contributed by atoms with Crippen molar-refractivity contribution in [3.05, 3.63) is 47.7 Å². The maximum absolute atomic E-state index is 14.0. The molecular formula is C19H21FN4. The van der Waals surface area contributed by atoms with Crippen molar-refractivity contribution in [1.29, 1.82) is 0 Å². The molecule has 0 amide bonds. The van der Waals surface area contributed by atoms with Crippen LogP contribution >= 0.6 is 0 Å². The summed E-state index contributed by atoms with van der Waals surface area (Å²) in [4.78, 5) is 11.3. The van der Waals surface area contributed by atoms with E-state index >= 15 is 0 Å². The first-order valence-electron chi connectivity index (χ1n) is 8.39. The van der Waals surface area contributed by atoms with Crippen LogP contribution < -0.4 is 0 Å². The summed E-state index contributed by atoms with van der Waals surface area (Å²) in [5, 5.41) is 1.10. The van der Waals surface area contributed by atoms with Crippen molar-refractivity contribution in [1.82, 2.24) is 19.4 Å². The van der Waals surface area contributed by atoms with E-state index in [1.54, 1.807) is 18.5 Å². The molecule has 1 aliphatic heterocycles. The zero-order valence-electron chi connectivity index (χ0n) is 14.3. The van der Waals surface area contributed by atoms with Crippen molar-refractivity contribution in [2.24, 2.45) is 0 Å². The van der Waals surface area contributed by atoms with Gasteiger partial charge in [0.25, 0.3) is 0 Å². The molecule has 0 spiro atoms. The molecule has 0 saturated heterocycles. The lowest BCUT2D eigenvalue weighted by Crippen LogP contribution is -2.38. The van der Waals surface area contributed by atoms with Crippen LogP contribution in [0.15, 0.2) is 30.6 Å². The van der Waals surface area contributed by atoms with Gasteiger partial charge in [0, 0.05) is 54.7 Å². The molecule has 24 heavy (non-hydrogen) atoms.